The second kappa shape index (κ2) is 7.15. The lowest BCUT2D eigenvalue weighted by Crippen LogP contribution is -2.40. The maximum Gasteiger partial charge on any atom is 0.229 e. The molecule has 1 saturated heterocycles. The first-order chi connectivity index (χ1) is 13.0. The Balaban J connectivity index is 1.50. The molecule has 0 bridgehead atoms. The number of amides is 1. The van der Waals surface area contributed by atoms with Crippen LogP contribution in [0.2, 0.25) is 0 Å². The predicted octanol–water partition coefficient (Wildman–Crippen LogP) is 3.03. The molecule has 1 amide bonds. The van der Waals surface area contributed by atoms with E-state index in [1.807, 2.05) is 39.1 Å². The Labute approximate surface area is 158 Å². The molecular formula is C20H25N5O2. The molecule has 0 aliphatic carbocycles. The second-order valence-corrected chi connectivity index (χ2v) is 7.39. The van der Waals surface area contributed by atoms with Crippen LogP contribution in [0.1, 0.15) is 29.9 Å². The Morgan fingerprint density at radius 1 is 1.41 bits per heavy atom. The smallest absolute Gasteiger partial charge is 0.229 e. The standard InChI is InChI=1S/C20H25N5O2/c1-13-10-14(2)21-19-17(13)18(23-24(19)3)22-20(26)15-6-4-8-25(11-15)12-16-7-5-9-27-16/h5,7,9-10,15H,4,6,8,11-12H2,1-3H3,(H,22,23,26). The molecule has 4 rings (SSSR count). The number of hydrogen-bond donors (Lipinski definition) is 1. The van der Waals surface area contributed by atoms with E-state index >= 15 is 0 Å². The summed E-state index contributed by atoms with van der Waals surface area (Å²) in [4.78, 5) is 19.8. The molecule has 4 heterocycles. The maximum absolute atomic E-state index is 12.9. The van der Waals surface area contributed by atoms with Crippen molar-refractivity contribution < 1.29 is 9.21 Å². The van der Waals surface area contributed by atoms with E-state index in [4.69, 9.17) is 4.42 Å². The summed E-state index contributed by atoms with van der Waals surface area (Å²) < 4.78 is 7.17. The fraction of sp³-hybridized carbons (Fsp3) is 0.450. The molecular weight excluding hydrogens is 342 g/mol. The van der Waals surface area contributed by atoms with Gasteiger partial charge in [-0.1, -0.05) is 0 Å². The summed E-state index contributed by atoms with van der Waals surface area (Å²) in [5.74, 6) is 1.51. The molecule has 3 aromatic rings. The third-order valence-electron chi connectivity index (χ3n) is 5.20. The Hall–Kier alpha value is -2.67. The SMILES string of the molecule is Cc1cc(C)c2c(NC(=O)C3CCCN(Cc4ccco4)C3)nn(C)c2n1. The third-order valence-corrected chi connectivity index (χ3v) is 5.20. The number of aromatic nitrogens is 3. The van der Waals surface area contributed by atoms with Crippen LogP contribution >= 0.6 is 0 Å². The van der Waals surface area contributed by atoms with Gasteiger partial charge in [-0.05, 0) is 57.0 Å². The molecule has 1 N–H and O–H groups in total. The number of likely N-dealkylation sites (tertiary alicyclic amines) is 1. The second-order valence-electron chi connectivity index (χ2n) is 7.39. The number of piperidine rings is 1. The van der Waals surface area contributed by atoms with Crippen LogP contribution < -0.4 is 5.32 Å². The molecule has 0 saturated carbocycles. The third kappa shape index (κ3) is 3.60. The van der Waals surface area contributed by atoms with Crippen molar-refractivity contribution in [3.8, 4) is 0 Å². The number of aryl methyl sites for hydroxylation is 3. The molecule has 1 atom stereocenters. The van der Waals surface area contributed by atoms with E-state index < -0.39 is 0 Å². The number of nitrogens with one attached hydrogen (secondary N) is 1. The van der Waals surface area contributed by atoms with Gasteiger partial charge in [0, 0.05) is 19.3 Å². The topological polar surface area (TPSA) is 76.2 Å². The summed E-state index contributed by atoms with van der Waals surface area (Å²) in [7, 11) is 1.86. The lowest BCUT2D eigenvalue weighted by Gasteiger charge is -2.31. The number of pyridine rings is 1. The minimum atomic E-state index is -0.0514. The minimum Gasteiger partial charge on any atom is -0.468 e. The largest absolute Gasteiger partial charge is 0.468 e. The molecule has 27 heavy (non-hydrogen) atoms. The number of fused-ring (bicyclic) bond motifs is 1. The molecule has 0 spiro atoms. The monoisotopic (exact) mass is 367 g/mol. The van der Waals surface area contributed by atoms with Gasteiger partial charge in [-0.2, -0.15) is 5.10 Å². The van der Waals surface area contributed by atoms with Crippen molar-refractivity contribution in [2.75, 3.05) is 18.4 Å². The van der Waals surface area contributed by atoms with E-state index in [2.05, 4.69) is 20.3 Å². The molecule has 0 aromatic carbocycles. The summed E-state index contributed by atoms with van der Waals surface area (Å²) in [6, 6.07) is 5.89. The number of carbonyl (C=O) groups excluding carboxylic acids is 1. The van der Waals surface area contributed by atoms with Crippen molar-refractivity contribution in [3.05, 3.63) is 41.5 Å². The molecule has 1 aliphatic rings. The number of rotatable bonds is 4. The van der Waals surface area contributed by atoms with Gasteiger partial charge in [0.05, 0.1) is 24.1 Å². The lowest BCUT2D eigenvalue weighted by atomic mass is 9.97. The van der Waals surface area contributed by atoms with Crippen molar-refractivity contribution in [2.45, 2.75) is 33.2 Å². The van der Waals surface area contributed by atoms with Crippen molar-refractivity contribution in [3.63, 3.8) is 0 Å². The first-order valence-corrected chi connectivity index (χ1v) is 9.38. The van der Waals surface area contributed by atoms with Gasteiger partial charge in [0.2, 0.25) is 5.91 Å². The molecule has 1 unspecified atom stereocenters. The average molecular weight is 367 g/mol. The van der Waals surface area contributed by atoms with E-state index in [1.54, 1.807) is 10.9 Å². The van der Waals surface area contributed by atoms with Crippen LogP contribution in [-0.4, -0.2) is 38.7 Å². The number of furan rings is 1. The highest BCUT2D eigenvalue weighted by atomic mass is 16.3. The van der Waals surface area contributed by atoms with Crippen LogP contribution in [0.3, 0.4) is 0 Å². The molecule has 7 nitrogen and oxygen atoms in total. The van der Waals surface area contributed by atoms with Crippen LogP contribution in [0.15, 0.2) is 28.9 Å². The van der Waals surface area contributed by atoms with E-state index in [1.165, 1.54) is 0 Å². The van der Waals surface area contributed by atoms with Gasteiger partial charge in [0.15, 0.2) is 11.5 Å². The average Bonchev–Trinajstić information content (AvgIpc) is 3.23. The Morgan fingerprint density at radius 3 is 3.04 bits per heavy atom. The number of carbonyl (C=O) groups is 1. The van der Waals surface area contributed by atoms with Gasteiger partial charge in [0.1, 0.15) is 5.76 Å². The van der Waals surface area contributed by atoms with E-state index in [0.717, 1.165) is 60.5 Å². The van der Waals surface area contributed by atoms with E-state index in [9.17, 15) is 4.79 Å². The molecule has 7 heteroatoms. The molecule has 0 radical (unpaired) electrons. The Bertz CT molecular complexity index is 961. The lowest BCUT2D eigenvalue weighted by molar-refractivity contribution is -0.121. The van der Waals surface area contributed by atoms with Crippen LogP contribution in [-0.2, 0) is 18.4 Å². The summed E-state index contributed by atoms with van der Waals surface area (Å²) in [6.07, 6.45) is 3.58. The highest BCUT2D eigenvalue weighted by Gasteiger charge is 2.27. The summed E-state index contributed by atoms with van der Waals surface area (Å²) >= 11 is 0. The highest BCUT2D eigenvalue weighted by Crippen LogP contribution is 2.27. The first kappa shape index (κ1) is 17.7. The number of hydrogen-bond acceptors (Lipinski definition) is 5. The first-order valence-electron chi connectivity index (χ1n) is 9.38. The maximum atomic E-state index is 12.9. The number of anilines is 1. The zero-order valence-corrected chi connectivity index (χ0v) is 16.0. The van der Waals surface area contributed by atoms with E-state index in [0.29, 0.717) is 5.82 Å². The van der Waals surface area contributed by atoms with Gasteiger partial charge in [-0.15, -0.1) is 0 Å². The Morgan fingerprint density at radius 2 is 2.26 bits per heavy atom. The van der Waals surface area contributed by atoms with Crippen molar-refractivity contribution in [2.24, 2.45) is 13.0 Å². The van der Waals surface area contributed by atoms with Gasteiger partial charge in [-0.25, -0.2) is 9.67 Å². The quantitative estimate of drug-likeness (QED) is 0.767. The summed E-state index contributed by atoms with van der Waals surface area (Å²) in [6.45, 7) is 6.45. The minimum absolute atomic E-state index is 0.0270. The fourth-order valence-electron chi connectivity index (χ4n) is 3.93. The zero-order chi connectivity index (χ0) is 19.0. The van der Waals surface area contributed by atoms with Gasteiger partial charge in [0.25, 0.3) is 0 Å². The molecule has 142 valence electrons. The molecule has 3 aromatic heterocycles. The van der Waals surface area contributed by atoms with Crippen LogP contribution in [0.5, 0.6) is 0 Å². The Kier molecular flexibility index (Phi) is 4.70. The molecule has 1 aliphatic heterocycles. The van der Waals surface area contributed by atoms with Crippen LogP contribution in [0.25, 0.3) is 11.0 Å². The number of nitrogens with zero attached hydrogens (tertiary/aromatic N) is 4. The van der Waals surface area contributed by atoms with Crippen molar-refractivity contribution in [1.29, 1.82) is 0 Å². The molecule has 1 fully saturated rings. The fourth-order valence-corrected chi connectivity index (χ4v) is 3.93. The normalized spacial score (nSPS) is 18.1. The van der Waals surface area contributed by atoms with Gasteiger partial charge < -0.3 is 9.73 Å². The summed E-state index contributed by atoms with van der Waals surface area (Å²) in [5.41, 5.74) is 2.82. The van der Waals surface area contributed by atoms with Gasteiger partial charge in [-0.3, -0.25) is 9.69 Å². The highest BCUT2D eigenvalue weighted by molar-refractivity contribution is 6.01. The van der Waals surface area contributed by atoms with Crippen LogP contribution in [0.4, 0.5) is 5.82 Å². The zero-order valence-electron chi connectivity index (χ0n) is 16.0. The van der Waals surface area contributed by atoms with Crippen molar-refractivity contribution >= 4 is 22.8 Å². The van der Waals surface area contributed by atoms with Gasteiger partial charge >= 0.3 is 0 Å². The van der Waals surface area contributed by atoms with E-state index in [-0.39, 0.29) is 11.8 Å². The summed E-state index contributed by atoms with van der Waals surface area (Å²) in [5, 5.41) is 8.47. The van der Waals surface area contributed by atoms with Crippen LogP contribution in [0, 0.1) is 19.8 Å². The van der Waals surface area contributed by atoms with Crippen molar-refractivity contribution in [1.82, 2.24) is 19.7 Å². The predicted molar refractivity (Wildman–Crippen MR) is 103 cm³/mol.